The lowest BCUT2D eigenvalue weighted by Crippen LogP contribution is -2.37. The number of aromatic nitrogens is 1. The molecule has 1 aromatic carbocycles. The van der Waals surface area contributed by atoms with Gasteiger partial charge in [0.25, 0.3) is 0 Å². The number of carboxylic acid groups (broad SMARTS) is 1. The number of benzene rings is 1. The molecule has 1 heterocycles. The fourth-order valence-electron chi connectivity index (χ4n) is 3.48. The molecule has 5 N–H and O–H groups in total. The number of carboxylic acids is 1. The number of carbonyl (C=O) groups is 2. The van der Waals surface area contributed by atoms with Gasteiger partial charge in [-0.05, 0) is 45.0 Å². The van der Waals surface area contributed by atoms with Gasteiger partial charge in [0.05, 0.1) is 24.8 Å². The van der Waals surface area contributed by atoms with Crippen LogP contribution in [0.3, 0.4) is 0 Å². The van der Waals surface area contributed by atoms with Crippen LogP contribution in [0.1, 0.15) is 48.4 Å². The Morgan fingerprint density at radius 2 is 1.95 bits per heavy atom. The number of nitrogens with zero attached hydrogens (tertiary/aromatic N) is 2. The molecule has 2 aromatic rings. The summed E-state index contributed by atoms with van der Waals surface area (Å²) in [6, 6.07) is 4.19. The first-order valence-electron chi connectivity index (χ1n) is 11.7. The number of anilines is 1. The Labute approximate surface area is 225 Å². The van der Waals surface area contributed by atoms with Crippen molar-refractivity contribution >= 4 is 29.4 Å². The fraction of sp³-hybridized carbons (Fsp3) is 0.385. The van der Waals surface area contributed by atoms with Crippen molar-refractivity contribution in [1.29, 1.82) is 5.41 Å². The summed E-state index contributed by atoms with van der Waals surface area (Å²) in [5.74, 6) is -2.77. The Morgan fingerprint density at radius 1 is 1.28 bits per heavy atom. The molecule has 0 fully saturated rings. The Bertz CT molecular complexity index is 1260. The summed E-state index contributed by atoms with van der Waals surface area (Å²) in [6.45, 7) is 3.97. The predicted molar refractivity (Wildman–Crippen MR) is 141 cm³/mol. The second-order valence-electron chi connectivity index (χ2n) is 9.38. The molecule has 0 radical (unpaired) electrons. The van der Waals surface area contributed by atoms with Crippen molar-refractivity contribution in [1.82, 2.24) is 15.2 Å². The maximum atomic E-state index is 14.1. The van der Waals surface area contributed by atoms with E-state index in [1.165, 1.54) is 31.3 Å². The van der Waals surface area contributed by atoms with Crippen molar-refractivity contribution in [2.45, 2.75) is 32.5 Å². The summed E-state index contributed by atoms with van der Waals surface area (Å²) in [6.07, 6.45) is -0.804. The van der Waals surface area contributed by atoms with Crippen LogP contribution >= 0.6 is 0 Å². The third-order valence-electron chi connectivity index (χ3n) is 5.31. The van der Waals surface area contributed by atoms with Crippen LogP contribution in [0.2, 0.25) is 0 Å². The van der Waals surface area contributed by atoms with E-state index in [2.05, 4.69) is 10.3 Å². The average Bonchev–Trinajstić information content (AvgIpc) is 2.86. The van der Waals surface area contributed by atoms with Crippen LogP contribution in [0.15, 0.2) is 36.2 Å². The number of hydrogen-bond donors (Lipinski definition) is 4. The molecule has 0 aliphatic heterocycles. The van der Waals surface area contributed by atoms with E-state index in [-0.39, 0.29) is 46.3 Å². The van der Waals surface area contributed by atoms with Crippen LogP contribution in [0.5, 0.6) is 5.75 Å². The molecular weight excluding hydrogens is 516 g/mol. The monoisotopic (exact) mass is 549 g/mol. The topological polar surface area (TPSA) is 160 Å². The Kier molecular flexibility index (Phi) is 10.2. The number of ether oxygens (including phenoxy) is 3. The third kappa shape index (κ3) is 8.03. The highest BCUT2D eigenvalue weighted by Gasteiger charge is 2.26. The van der Waals surface area contributed by atoms with Gasteiger partial charge in [-0.2, -0.15) is 0 Å². The van der Waals surface area contributed by atoms with Gasteiger partial charge in [-0.15, -0.1) is 0 Å². The first kappa shape index (κ1) is 30.8. The lowest BCUT2D eigenvalue weighted by Gasteiger charge is -2.26. The van der Waals surface area contributed by atoms with Gasteiger partial charge in [0.15, 0.2) is 17.7 Å². The summed E-state index contributed by atoms with van der Waals surface area (Å²) in [5, 5.41) is 20.8. The summed E-state index contributed by atoms with van der Waals surface area (Å²) in [5.41, 5.74) is 5.47. The second kappa shape index (κ2) is 12.9. The van der Waals surface area contributed by atoms with Crippen LogP contribution in [0.25, 0.3) is 5.57 Å². The molecule has 1 amide bonds. The summed E-state index contributed by atoms with van der Waals surface area (Å²) in [7, 11) is 4.38. The highest BCUT2D eigenvalue weighted by atomic mass is 19.1. The Balaban J connectivity index is 2.55. The van der Waals surface area contributed by atoms with E-state index in [1.807, 2.05) is 0 Å². The molecule has 0 saturated heterocycles. The molecule has 39 heavy (non-hydrogen) atoms. The number of aromatic carboxylic acids is 1. The van der Waals surface area contributed by atoms with Gasteiger partial charge in [-0.3, -0.25) is 5.41 Å². The minimum atomic E-state index is -1.53. The number of methoxy groups -OCH3 is 1. The van der Waals surface area contributed by atoms with Crippen LogP contribution in [0, 0.1) is 11.2 Å². The summed E-state index contributed by atoms with van der Waals surface area (Å²) < 4.78 is 44.2. The van der Waals surface area contributed by atoms with Gasteiger partial charge >= 0.3 is 12.1 Å². The van der Waals surface area contributed by atoms with Crippen molar-refractivity contribution in [3.63, 3.8) is 0 Å². The lowest BCUT2D eigenvalue weighted by molar-refractivity contribution is 0.0311. The van der Waals surface area contributed by atoms with E-state index >= 15 is 0 Å². The number of amides is 1. The van der Waals surface area contributed by atoms with Crippen molar-refractivity contribution in [3.05, 3.63) is 58.7 Å². The Hall–Kier alpha value is -4.42. The number of halogens is 2. The molecule has 0 bridgehead atoms. The molecule has 0 spiro atoms. The van der Waals surface area contributed by atoms with Gasteiger partial charge in [-0.1, -0.05) is 0 Å². The largest absolute Gasteiger partial charge is 0.481 e. The van der Waals surface area contributed by atoms with E-state index in [0.717, 1.165) is 18.2 Å². The zero-order valence-electron chi connectivity index (χ0n) is 22.6. The molecule has 1 atom stereocenters. The number of alkyl halides is 1. The van der Waals surface area contributed by atoms with Crippen LogP contribution in [0.4, 0.5) is 19.4 Å². The zero-order valence-corrected chi connectivity index (χ0v) is 22.6. The SMILES string of the molecule is CN/C(CN(C)C(=O)OC(C)(C)C)=C(\C(=N)OC)c1cnc(N)c(OC(CF)c2cc(F)ccc2C(=O)O)c1. The summed E-state index contributed by atoms with van der Waals surface area (Å²) in [4.78, 5) is 29.5. The predicted octanol–water partition coefficient (Wildman–Crippen LogP) is 4.01. The smallest absolute Gasteiger partial charge is 0.410 e. The van der Waals surface area contributed by atoms with Crippen molar-refractivity contribution in [2.75, 3.05) is 40.2 Å². The number of carbonyl (C=O) groups excluding carboxylic acids is 1. The number of pyridine rings is 1. The number of nitrogens with one attached hydrogen (secondary N) is 2. The highest BCUT2D eigenvalue weighted by Crippen LogP contribution is 2.32. The molecule has 0 aliphatic carbocycles. The molecule has 2 rings (SSSR count). The first-order chi connectivity index (χ1) is 18.2. The summed E-state index contributed by atoms with van der Waals surface area (Å²) >= 11 is 0. The third-order valence-corrected chi connectivity index (χ3v) is 5.31. The van der Waals surface area contributed by atoms with Gasteiger partial charge in [0, 0.05) is 37.1 Å². The van der Waals surface area contributed by atoms with E-state index < -0.39 is 36.3 Å². The fourth-order valence-corrected chi connectivity index (χ4v) is 3.48. The standard InChI is InChI=1S/C26H33F2N5O6/c1-26(2,3)39-25(36)33(5)13-18(31-4)21(23(30)37-6)14-9-19(22(29)32-12-14)38-20(11-27)17-10-15(28)7-8-16(17)24(34)35/h7-10,12,20,30-31H,11,13H2,1-6H3,(H2,29,32)(H,34,35)/b21-18-,30-23?. The van der Waals surface area contributed by atoms with Crippen LogP contribution in [-0.2, 0) is 9.47 Å². The molecule has 0 aliphatic rings. The minimum Gasteiger partial charge on any atom is -0.481 e. The van der Waals surface area contributed by atoms with E-state index in [1.54, 1.807) is 27.8 Å². The van der Waals surface area contributed by atoms with Crippen molar-refractivity contribution in [2.24, 2.45) is 0 Å². The maximum Gasteiger partial charge on any atom is 0.410 e. The van der Waals surface area contributed by atoms with Gasteiger partial charge in [0.2, 0.25) is 5.90 Å². The van der Waals surface area contributed by atoms with E-state index in [9.17, 15) is 23.5 Å². The molecule has 0 saturated carbocycles. The second-order valence-corrected chi connectivity index (χ2v) is 9.38. The lowest BCUT2D eigenvalue weighted by atomic mass is 10.0. The number of hydrogen-bond acceptors (Lipinski definition) is 9. The molecule has 1 aromatic heterocycles. The van der Waals surface area contributed by atoms with Crippen molar-refractivity contribution < 1.29 is 37.7 Å². The molecule has 1 unspecified atom stereocenters. The zero-order chi connectivity index (χ0) is 29.5. The molecule has 11 nitrogen and oxygen atoms in total. The van der Waals surface area contributed by atoms with E-state index in [4.69, 9.17) is 25.4 Å². The van der Waals surface area contributed by atoms with Crippen LogP contribution in [-0.4, -0.2) is 73.0 Å². The highest BCUT2D eigenvalue weighted by molar-refractivity contribution is 6.19. The molecule has 13 heteroatoms. The number of rotatable bonds is 10. The van der Waals surface area contributed by atoms with Crippen LogP contribution < -0.4 is 15.8 Å². The minimum absolute atomic E-state index is 0.0224. The molecular formula is C26H33F2N5O6. The Morgan fingerprint density at radius 3 is 2.49 bits per heavy atom. The normalized spacial score (nSPS) is 12.6. The number of likely N-dealkylation sites (N-methyl/N-ethyl adjacent to an activating group) is 2. The van der Waals surface area contributed by atoms with Gasteiger partial charge in [-0.25, -0.2) is 23.4 Å². The van der Waals surface area contributed by atoms with E-state index in [0.29, 0.717) is 5.70 Å². The van der Waals surface area contributed by atoms with Gasteiger partial charge in [0.1, 0.15) is 18.1 Å². The van der Waals surface area contributed by atoms with Crippen molar-refractivity contribution in [3.8, 4) is 5.75 Å². The molecule has 212 valence electrons. The number of nitrogens with two attached hydrogens (primary N) is 1. The first-order valence-corrected chi connectivity index (χ1v) is 11.7. The van der Waals surface area contributed by atoms with Gasteiger partial charge < -0.3 is 35.3 Å². The quantitative estimate of drug-likeness (QED) is 0.254. The number of nitrogen functional groups attached to an aromatic ring is 1. The average molecular weight is 550 g/mol. The maximum absolute atomic E-state index is 14.1.